The Hall–Kier alpha value is -7.22. The number of carbonyl (C=O) groups excluding carboxylic acids is 4. The van der Waals surface area contributed by atoms with Crippen LogP contribution in [0.15, 0.2) is 97.3 Å². The summed E-state index contributed by atoms with van der Waals surface area (Å²) < 4.78 is 9.65. The maximum absolute atomic E-state index is 13.8. The second-order valence-corrected chi connectivity index (χ2v) is 20.9. The normalized spacial score (nSPS) is 19.5. The average molecular weight is 973 g/mol. The van der Waals surface area contributed by atoms with Gasteiger partial charge in [0.25, 0.3) is 0 Å². The minimum absolute atomic E-state index is 0.112. The second-order valence-electron chi connectivity index (χ2n) is 20.9. The van der Waals surface area contributed by atoms with E-state index in [1.165, 1.54) is 58.7 Å². The summed E-state index contributed by atoms with van der Waals surface area (Å²) in [6.07, 6.45) is 7.61. The first kappa shape index (κ1) is 49.7. The molecule has 6 aliphatic rings. The SMILES string of the molecule is COC(=O)NC(C(=O)N1CC(C)CC1c1ncc(-c2ccc(-c3cc4ccc3CCc3ccc(c(-c5ccc(-c6cnc(C7CC(C)CN7C(=O)C(NC(=O)OC)C(C)C)[nH]6)cc5)c3)CC4)cc2)[nH]1)C(C)C. The Bertz CT molecular complexity index is 2720. The molecule has 4 heterocycles. The van der Waals surface area contributed by atoms with Gasteiger partial charge in [0.2, 0.25) is 11.8 Å². The van der Waals surface area contributed by atoms with Crippen LogP contribution in [0.4, 0.5) is 9.59 Å². The van der Waals surface area contributed by atoms with Gasteiger partial charge in [0.15, 0.2) is 0 Å². The number of alkyl carbamates (subject to hydrolysis) is 2. The Morgan fingerprint density at radius 1 is 0.556 bits per heavy atom. The Morgan fingerprint density at radius 3 is 1.29 bits per heavy atom. The lowest BCUT2D eigenvalue weighted by molar-refractivity contribution is -0.136. The van der Waals surface area contributed by atoms with E-state index < -0.39 is 24.3 Å². The van der Waals surface area contributed by atoms with E-state index in [1.54, 1.807) is 0 Å². The number of aryl methyl sites for hydroxylation is 4. The van der Waals surface area contributed by atoms with E-state index in [4.69, 9.17) is 19.4 Å². The van der Waals surface area contributed by atoms with Gasteiger partial charge in [0.05, 0.1) is 50.1 Å². The number of rotatable bonds is 12. The third kappa shape index (κ3) is 10.5. The summed E-state index contributed by atoms with van der Waals surface area (Å²) >= 11 is 0. The highest BCUT2D eigenvalue weighted by Crippen LogP contribution is 2.39. The Labute approximate surface area is 422 Å². The van der Waals surface area contributed by atoms with Crippen molar-refractivity contribution in [2.24, 2.45) is 23.7 Å². The number of aromatic amines is 2. The zero-order chi connectivity index (χ0) is 50.8. The molecule has 2 aromatic heterocycles. The number of hydrogen-bond donors (Lipinski definition) is 4. The number of nitrogens with one attached hydrogen (secondary N) is 4. The monoisotopic (exact) mass is 973 g/mol. The molecule has 2 saturated heterocycles. The number of benzene rings is 4. The van der Waals surface area contributed by atoms with Crippen molar-refractivity contribution in [3.63, 3.8) is 0 Å². The number of likely N-dealkylation sites (tertiary alicyclic amines) is 2. The van der Waals surface area contributed by atoms with Crippen LogP contribution in [0, 0.1) is 23.7 Å². The molecule has 4 N–H and O–H groups in total. The van der Waals surface area contributed by atoms with Crippen LogP contribution in [0.5, 0.6) is 0 Å². The molecule has 6 unspecified atom stereocenters. The standard InChI is InChI=1S/C58H68N8O6/c1-33(2)51(63-57(69)71-7)55(67)65-31-35(5)25-49(65)53-59-29-47(61-53)43-21-17-41(18-22-43)45-27-37-9-13-39(45)15-11-38-10-14-40(16-12-37)46(28-38)42-19-23-44(24-20-42)48-30-60-54(62-48)50-26-36(6)32-66(50)56(68)52(34(3)4)64-58(70)72-8/h9-10,13-14,17-24,27-30,33-36,49-52H,11-12,15-16,25-26,31-32H2,1-8H3,(H,59,61)(H,60,62)(H,63,69)(H,64,70). The maximum Gasteiger partial charge on any atom is 0.407 e. The van der Waals surface area contributed by atoms with Gasteiger partial charge in [-0.2, -0.15) is 0 Å². The van der Waals surface area contributed by atoms with Crippen molar-refractivity contribution in [2.45, 2.75) is 104 Å². The molecule has 4 aliphatic carbocycles. The van der Waals surface area contributed by atoms with Crippen LogP contribution in [0.3, 0.4) is 0 Å². The van der Waals surface area contributed by atoms with Crippen molar-refractivity contribution >= 4 is 24.0 Å². The highest BCUT2D eigenvalue weighted by atomic mass is 16.5. The number of imidazole rings is 2. The maximum atomic E-state index is 13.8. The molecular formula is C58H68N8O6. The number of aromatic nitrogens is 4. The molecule has 12 rings (SSSR count). The molecule has 14 nitrogen and oxygen atoms in total. The lowest BCUT2D eigenvalue weighted by Crippen LogP contribution is -2.51. The number of hydrogen-bond acceptors (Lipinski definition) is 8. The fourth-order valence-electron chi connectivity index (χ4n) is 10.9. The average Bonchev–Trinajstić information content (AvgIpc) is 4.22. The molecular weight excluding hydrogens is 905 g/mol. The van der Waals surface area contributed by atoms with Gasteiger partial charge in [-0.15, -0.1) is 0 Å². The number of ether oxygens (including phenoxy) is 2. The zero-order valence-electron chi connectivity index (χ0n) is 42.8. The third-order valence-electron chi connectivity index (χ3n) is 14.9. The van der Waals surface area contributed by atoms with Gasteiger partial charge in [-0.25, -0.2) is 19.6 Å². The van der Waals surface area contributed by atoms with Crippen LogP contribution in [-0.4, -0.2) is 93.1 Å². The molecule has 0 saturated carbocycles. The number of nitrogens with zero attached hydrogens (tertiary/aromatic N) is 4. The van der Waals surface area contributed by atoms with Gasteiger partial charge >= 0.3 is 12.2 Å². The summed E-state index contributed by atoms with van der Waals surface area (Å²) in [6.45, 7) is 13.1. The van der Waals surface area contributed by atoms with Crippen LogP contribution >= 0.6 is 0 Å². The highest BCUT2D eigenvalue weighted by Gasteiger charge is 2.41. The summed E-state index contributed by atoms with van der Waals surface area (Å²) in [7, 11) is 2.61. The van der Waals surface area contributed by atoms with Crippen molar-refractivity contribution in [1.29, 1.82) is 0 Å². The predicted molar refractivity (Wildman–Crippen MR) is 279 cm³/mol. The van der Waals surface area contributed by atoms with Crippen LogP contribution < -0.4 is 10.6 Å². The molecule has 4 aromatic carbocycles. The molecule has 6 atom stereocenters. The molecule has 376 valence electrons. The lowest BCUT2D eigenvalue weighted by atomic mass is 9.87. The van der Waals surface area contributed by atoms with Gasteiger partial charge in [0.1, 0.15) is 23.7 Å². The predicted octanol–water partition coefficient (Wildman–Crippen LogP) is 10.3. The van der Waals surface area contributed by atoms with Crippen LogP contribution in [0.2, 0.25) is 0 Å². The van der Waals surface area contributed by atoms with E-state index in [2.05, 4.69) is 119 Å². The summed E-state index contributed by atoms with van der Waals surface area (Å²) in [4.78, 5) is 72.3. The van der Waals surface area contributed by atoms with Gasteiger partial charge < -0.3 is 39.9 Å². The quantitative estimate of drug-likeness (QED) is 0.0937. The molecule has 72 heavy (non-hydrogen) atoms. The van der Waals surface area contributed by atoms with Gasteiger partial charge in [-0.3, -0.25) is 9.59 Å². The molecule has 4 bridgehead atoms. The first-order chi connectivity index (χ1) is 34.7. The lowest BCUT2D eigenvalue weighted by Gasteiger charge is -2.30. The Kier molecular flexibility index (Phi) is 14.7. The smallest absolute Gasteiger partial charge is 0.407 e. The van der Waals surface area contributed by atoms with Gasteiger partial charge in [0, 0.05) is 13.1 Å². The highest BCUT2D eigenvalue weighted by molar-refractivity contribution is 5.87. The minimum Gasteiger partial charge on any atom is -0.453 e. The van der Waals surface area contributed by atoms with E-state index in [1.807, 2.05) is 49.9 Å². The molecule has 2 aliphatic heterocycles. The van der Waals surface area contributed by atoms with Crippen LogP contribution in [0.1, 0.15) is 100 Å². The van der Waals surface area contributed by atoms with E-state index in [9.17, 15) is 19.2 Å². The van der Waals surface area contributed by atoms with Crippen molar-refractivity contribution in [3.05, 3.63) is 131 Å². The summed E-state index contributed by atoms with van der Waals surface area (Å²) in [5.41, 5.74) is 13.9. The summed E-state index contributed by atoms with van der Waals surface area (Å²) in [6, 6.07) is 29.5. The van der Waals surface area contributed by atoms with E-state index in [0.29, 0.717) is 13.1 Å². The topological polar surface area (TPSA) is 175 Å². The number of carbonyl (C=O) groups is 4. The fourth-order valence-corrected chi connectivity index (χ4v) is 10.9. The zero-order valence-corrected chi connectivity index (χ0v) is 42.8. The second kappa shape index (κ2) is 21.2. The van der Waals surface area contributed by atoms with E-state index >= 15 is 0 Å². The van der Waals surface area contributed by atoms with E-state index in [-0.39, 0.29) is 47.6 Å². The molecule has 4 amide bonds. The van der Waals surface area contributed by atoms with Crippen molar-refractivity contribution < 1.29 is 28.7 Å². The van der Waals surface area contributed by atoms with Crippen LogP contribution in [0.25, 0.3) is 44.8 Å². The third-order valence-corrected chi connectivity index (χ3v) is 14.9. The summed E-state index contributed by atoms with van der Waals surface area (Å²) in [5.74, 6) is 1.57. The van der Waals surface area contributed by atoms with Crippen LogP contribution in [-0.2, 0) is 44.7 Å². The molecule has 0 radical (unpaired) electrons. The minimum atomic E-state index is -0.698. The van der Waals surface area contributed by atoms with Gasteiger partial charge in [-0.05, 0) is 118 Å². The number of methoxy groups -OCH3 is 2. The van der Waals surface area contributed by atoms with Gasteiger partial charge in [-0.1, -0.05) is 126 Å². The van der Waals surface area contributed by atoms with Crippen molar-refractivity contribution in [3.8, 4) is 44.8 Å². The molecule has 14 heteroatoms. The first-order valence-electron chi connectivity index (χ1n) is 25.5. The van der Waals surface area contributed by atoms with Crippen molar-refractivity contribution in [1.82, 2.24) is 40.4 Å². The van der Waals surface area contributed by atoms with Crippen molar-refractivity contribution in [2.75, 3.05) is 27.3 Å². The Morgan fingerprint density at radius 2 is 0.931 bits per heavy atom. The molecule has 0 spiro atoms. The fraction of sp³-hybridized carbons (Fsp3) is 0.414. The largest absolute Gasteiger partial charge is 0.453 e. The number of amides is 4. The van der Waals surface area contributed by atoms with E-state index in [0.717, 1.165) is 72.7 Å². The molecule has 2 fully saturated rings. The summed E-state index contributed by atoms with van der Waals surface area (Å²) in [5, 5.41) is 5.48. The molecule has 6 aromatic rings. The Balaban J connectivity index is 0.881. The number of H-pyrrole nitrogens is 2. The first-order valence-corrected chi connectivity index (χ1v) is 25.5.